The fraction of sp³-hybridized carbons (Fsp3) is 0.364. The summed E-state index contributed by atoms with van der Waals surface area (Å²) in [4.78, 5) is 23.7. The molecule has 1 N–H and O–H groups in total. The van der Waals surface area contributed by atoms with Crippen LogP contribution in [0.3, 0.4) is 0 Å². The van der Waals surface area contributed by atoms with Crippen molar-refractivity contribution in [2.75, 3.05) is 7.05 Å². The van der Waals surface area contributed by atoms with Crippen molar-refractivity contribution in [3.05, 3.63) is 38.2 Å². The van der Waals surface area contributed by atoms with Crippen molar-refractivity contribution in [1.29, 1.82) is 0 Å². The van der Waals surface area contributed by atoms with Crippen LogP contribution in [0.25, 0.3) is 0 Å². The number of halogens is 1. The number of nitrogens with one attached hydrogen (secondary N) is 1. The van der Waals surface area contributed by atoms with Gasteiger partial charge in [-0.05, 0) is 33.8 Å². The molecule has 0 aliphatic carbocycles. The molecule has 0 unspecified atom stereocenters. The molecule has 1 amide bonds. The topological polar surface area (TPSA) is 110 Å². The van der Waals surface area contributed by atoms with Gasteiger partial charge < -0.3 is 15.0 Å². The van der Waals surface area contributed by atoms with Crippen molar-refractivity contribution in [2.45, 2.75) is 20.0 Å². The maximum absolute atomic E-state index is 12.2. The van der Waals surface area contributed by atoms with Crippen LogP contribution in [0.5, 0.6) is 0 Å². The molecule has 2 aromatic heterocycles. The van der Waals surface area contributed by atoms with Crippen molar-refractivity contribution in [3.63, 3.8) is 0 Å². The number of nitro groups is 1. The van der Waals surface area contributed by atoms with Gasteiger partial charge >= 0.3 is 5.82 Å². The lowest BCUT2D eigenvalue weighted by molar-refractivity contribution is -0.390. The van der Waals surface area contributed by atoms with Crippen LogP contribution in [0.4, 0.5) is 5.82 Å². The highest BCUT2D eigenvalue weighted by molar-refractivity contribution is 9.10. The molecule has 0 atom stereocenters. The Morgan fingerprint density at radius 2 is 2.33 bits per heavy atom. The third kappa shape index (κ3) is 3.10. The summed E-state index contributed by atoms with van der Waals surface area (Å²) in [6, 6.07) is 1.81. The van der Waals surface area contributed by atoms with E-state index in [9.17, 15) is 14.9 Å². The minimum absolute atomic E-state index is 0.0286. The molecule has 112 valence electrons. The lowest BCUT2D eigenvalue weighted by Gasteiger charge is -2.13. The Morgan fingerprint density at radius 3 is 2.86 bits per heavy atom. The lowest BCUT2D eigenvalue weighted by Crippen LogP contribution is -2.27. The number of carbonyl (C=O) groups excluding carboxylic acids is 1. The van der Waals surface area contributed by atoms with Crippen LogP contribution in [0.15, 0.2) is 16.7 Å². The molecule has 0 fully saturated rings. The second kappa shape index (κ2) is 6.04. The highest BCUT2D eigenvalue weighted by Gasteiger charge is 2.27. The van der Waals surface area contributed by atoms with E-state index in [0.29, 0.717) is 6.54 Å². The van der Waals surface area contributed by atoms with Gasteiger partial charge in [-0.3, -0.25) is 9.48 Å². The second-order valence-corrected chi connectivity index (χ2v) is 5.11. The van der Waals surface area contributed by atoms with Crippen molar-refractivity contribution >= 4 is 27.7 Å². The SMILES string of the molecule is CCn1ccc(CN(C)C(=O)c2n[nH]c([N+](=O)[O-])c2Br)n1. The standard InChI is InChI=1S/C11H13BrN6O3/c1-3-17-5-4-7(15-17)6-16(2)11(19)9-8(12)10(14-13-9)18(20)21/h4-5H,3,6H2,1-2H3,(H,13,14). The Labute approximate surface area is 128 Å². The molecule has 2 rings (SSSR count). The number of H-pyrrole nitrogens is 1. The van der Waals surface area contributed by atoms with Crippen molar-refractivity contribution in [3.8, 4) is 0 Å². The van der Waals surface area contributed by atoms with Crippen LogP contribution >= 0.6 is 15.9 Å². The van der Waals surface area contributed by atoms with Gasteiger partial charge in [0.15, 0.2) is 5.69 Å². The Hall–Kier alpha value is -2.23. The van der Waals surface area contributed by atoms with Gasteiger partial charge in [0.2, 0.25) is 0 Å². The van der Waals surface area contributed by atoms with Gasteiger partial charge in [0, 0.05) is 19.8 Å². The lowest BCUT2D eigenvalue weighted by atomic mass is 10.3. The van der Waals surface area contributed by atoms with Crippen LogP contribution in [0.2, 0.25) is 0 Å². The van der Waals surface area contributed by atoms with Crippen LogP contribution in [0.1, 0.15) is 23.1 Å². The normalized spacial score (nSPS) is 10.6. The first-order valence-corrected chi connectivity index (χ1v) is 6.89. The molecular formula is C11H13BrN6O3. The highest BCUT2D eigenvalue weighted by Crippen LogP contribution is 2.26. The molecule has 0 saturated carbocycles. The number of carbonyl (C=O) groups is 1. The van der Waals surface area contributed by atoms with E-state index in [1.54, 1.807) is 11.7 Å². The molecule has 0 aromatic carbocycles. The van der Waals surface area contributed by atoms with Crippen LogP contribution < -0.4 is 0 Å². The number of amides is 1. The van der Waals surface area contributed by atoms with Gasteiger partial charge in [0.25, 0.3) is 5.91 Å². The molecule has 0 saturated heterocycles. The predicted molar refractivity (Wildman–Crippen MR) is 76.6 cm³/mol. The van der Waals surface area contributed by atoms with Gasteiger partial charge in [-0.25, -0.2) is 0 Å². The fourth-order valence-corrected chi connectivity index (χ4v) is 2.23. The van der Waals surface area contributed by atoms with Gasteiger partial charge in [-0.15, -0.1) is 5.10 Å². The van der Waals surface area contributed by atoms with E-state index in [4.69, 9.17) is 0 Å². The van der Waals surface area contributed by atoms with E-state index < -0.39 is 10.8 Å². The summed E-state index contributed by atoms with van der Waals surface area (Å²) in [6.45, 7) is 3.00. The van der Waals surface area contributed by atoms with E-state index in [-0.39, 0.29) is 16.0 Å². The summed E-state index contributed by atoms with van der Waals surface area (Å²) in [5.74, 6) is -0.778. The minimum Gasteiger partial charge on any atom is -0.358 e. The number of hydrogen-bond donors (Lipinski definition) is 1. The zero-order valence-electron chi connectivity index (χ0n) is 11.4. The van der Waals surface area contributed by atoms with E-state index in [1.807, 2.05) is 19.2 Å². The van der Waals surface area contributed by atoms with E-state index in [1.165, 1.54) is 4.90 Å². The first kappa shape index (κ1) is 15.2. The predicted octanol–water partition coefficient (Wildman–Crippen LogP) is 1.57. The smallest absolute Gasteiger partial charge is 0.357 e. The highest BCUT2D eigenvalue weighted by atomic mass is 79.9. The van der Waals surface area contributed by atoms with E-state index in [0.717, 1.165) is 12.2 Å². The van der Waals surface area contributed by atoms with Crippen LogP contribution in [0, 0.1) is 10.1 Å². The summed E-state index contributed by atoms with van der Waals surface area (Å²) in [5.41, 5.74) is 0.702. The summed E-state index contributed by atoms with van der Waals surface area (Å²) in [7, 11) is 1.58. The van der Waals surface area contributed by atoms with Crippen LogP contribution in [-0.2, 0) is 13.1 Å². The molecule has 0 aliphatic rings. The van der Waals surface area contributed by atoms with Crippen molar-refractivity contribution < 1.29 is 9.72 Å². The third-order valence-electron chi connectivity index (χ3n) is 2.84. The number of hydrogen-bond acceptors (Lipinski definition) is 5. The molecule has 0 bridgehead atoms. The van der Waals surface area contributed by atoms with Gasteiger partial charge in [0.05, 0.1) is 12.2 Å². The molecule has 9 nitrogen and oxygen atoms in total. The Balaban J connectivity index is 2.14. The maximum atomic E-state index is 12.2. The first-order chi connectivity index (χ1) is 9.93. The number of aryl methyl sites for hydroxylation is 1. The molecule has 0 aliphatic heterocycles. The van der Waals surface area contributed by atoms with Gasteiger partial charge in [-0.1, -0.05) is 5.10 Å². The zero-order chi connectivity index (χ0) is 15.6. The zero-order valence-corrected chi connectivity index (χ0v) is 13.0. The maximum Gasteiger partial charge on any atom is 0.357 e. The molecule has 10 heteroatoms. The quantitative estimate of drug-likeness (QED) is 0.645. The minimum atomic E-state index is -0.642. The number of nitrogens with zero attached hydrogens (tertiary/aromatic N) is 5. The Morgan fingerprint density at radius 1 is 1.62 bits per heavy atom. The molecular weight excluding hydrogens is 344 g/mol. The van der Waals surface area contributed by atoms with Gasteiger partial charge in [0.1, 0.15) is 4.47 Å². The summed E-state index contributed by atoms with van der Waals surface area (Å²) in [6.07, 6.45) is 1.82. The van der Waals surface area contributed by atoms with E-state index in [2.05, 4.69) is 31.2 Å². The monoisotopic (exact) mass is 356 g/mol. The molecule has 0 spiro atoms. The van der Waals surface area contributed by atoms with Crippen molar-refractivity contribution in [1.82, 2.24) is 24.9 Å². The summed E-state index contributed by atoms with van der Waals surface area (Å²) >= 11 is 3.02. The Kier molecular flexibility index (Phi) is 4.36. The molecule has 2 heterocycles. The van der Waals surface area contributed by atoms with Crippen LogP contribution in [-0.4, -0.2) is 42.8 Å². The van der Waals surface area contributed by atoms with Gasteiger partial charge in [-0.2, -0.15) is 5.10 Å². The summed E-state index contributed by atoms with van der Waals surface area (Å²) < 4.78 is 1.80. The number of rotatable bonds is 5. The second-order valence-electron chi connectivity index (χ2n) is 4.32. The Bertz CT molecular complexity index is 679. The van der Waals surface area contributed by atoms with E-state index >= 15 is 0 Å². The summed E-state index contributed by atoms with van der Waals surface area (Å²) in [5, 5.41) is 20.9. The van der Waals surface area contributed by atoms with Crippen molar-refractivity contribution in [2.24, 2.45) is 0 Å². The largest absolute Gasteiger partial charge is 0.358 e. The average molecular weight is 357 g/mol. The first-order valence-electron chi connectivity index (χ1n) is 6.10. The third-order valence-corrected chi connectivity index (χ3v) is 3.59. The average Bonchev–Trinajstić information content (AvgIpc) is 3.04. The molecule has 0 radical (unpaired) electrons. The molecule has 2 aromatic rings. The number of aromatic amines is 1. The fourth-order valence-electron chi connectivity index (χ4n) is 1.74. The molecule has 21 heavy (non-hydrogen) atoms. The number of aromatic nitrogens is 4.